The Balaban J connectivity index is 2.20. The van der Waals surface area contributed by atoms with Gasteiger partial charge in [-0.15, -0.1) is 0 Å². The van der Waals surface area contributed by atoms with E-state index in [0.717, 1.165) is 22.5 Å². The van der Waals surface area contributed by atoms with Crippen LogP contribution in [0.4, 0.5) is 5.95 Å². The van der Waals surface area contributed by atoms with E-state index in [0.29, 0.717) is 5.95 Å². The van der Waals surface area contributed by atoms with Crippen LogP contribution in [0.5, 0.6) is 5.75 Å². The third-order valence-corrected chi connectivity index (χ3v) is 3.33. The number of aryl methyl sites for hydroxylation is 1. The Kier molecular flexibility index (Phi) is 3.29. The number of hydrogen-bond donors (Lipinski definition) is 1. The molecule has 0 amide bonds. The molecule has 0 bridgehead atoms. The van der Waals surface area contributed by atoms with E-state index in [9.17, 15) is 0 Å². The molecule has 0 saturated heterocycles. The van der Waals surface area contributed by atoms with Gasteiger partial charge in [-0.2, -0.15) is 0 Å². The molecule has 1 heterocycles. The van der Waals surface area contributed by atoms with Gasteiger partial charge in [0.15, 0.2) is 0 Å². The number of fused-ring (bicyclic) bond motifs is 1. The Morgan fingerprint density at radius 2 is 1.81 bits per heavy atom. The van der Waals surface area contributed by atoms with E-state index >= 15 is 0 Å². The number of hydrogen-bond acceptors (Lipinski definition) is 3. The SMILES string of the molecule is Cc1ccc(-n2c(N)nc3c(OC(C)C)cccc32)cc1. The Bertz CT molecular complexity index is 773. The van der Waals surface area contributed by atoms with Crippen molar-refractivity contribution in [3.8, 4) is 11.4 Å². The Labute approximate surface area is 124 Å². The summed E-state index contributed by atoms with van der Waals surface area (Å²) in [6, 6.07) is 14.1. The van der Waals surface area contributed by atoms with Crippen molar-refractivity contribution in [2.24, 2.45) is 0 Å². The normalized spacial score (nSPS) is 11.2. The van der Waals surface area contributed by atoms with Crippen molar-refractivity contribution in [2.45, 2.75) is 26.9 Å². The lowest BCUT2D eigenvalue weighted by Crippen LogP contribution is -2.05. The Hall–Kier alpha value is -2.49. The molecule has 2 aromatic carbocycles. The van der Waals surface area contributed by atoms with Gasteiger partial charge in [0.25, 0.3) is 0 Å². The molecular weight excluding hydrogens is 262 g/mol. The maximum absolute atomic E-state index is 6.12. The number of ether oxygens (including phenoxy) is 1. The van der Waals surface area contributed by atoms with Crippen molar-refractivity contribution < 1.29 is 4.74 Å². The maximum Gasteiger partial charge on any atom is 0.206 e. The molecule has 0 aliphatic carbocycles. The molecular formula is C17H19N3O. The Morgan fingerprint density at radius 3 is 2.48 bits per heavy atom. The topological polar surface area (TPSA) is 53.1 Å². The van der Waals surface area contributed by atoms with Crippen LogP contribution in [0, 0.1) is 6.92 Å². The zero-order valence-corrected chi connectivity index (χ0v) is 12.5. The van der Waals surface area contributed by atoms with Crippen LogP contribution in [0.25, 0.3) is 16.7 Å². The van der Waals surface area contributed by atoms with Gasteiger partial charge in [-0.1, -0.05) is 23.8 Å². The van der Waals surface area contributed by atoms with E-state index in [-0.39, 0.29) is 6.10 Å². The van der Waals surface area contributed by atoms with E-state index < -0.39 is 0 Å². The van der Waals surface area contributed by atoms with Gasteiger partial charge in [0, 0.05) is 5.69 Å². The molecule has 0 atom stereocenters. The van der Waals surface area contributed by atoms with Gasteiger partial charge in [0.1, 0.15) is 11.3 Å². The minimum Gasteiger partial charge on any atom is -0.489 e. The first-order chi connectivity index (χ1) is 10.1. The standard InChI is InChI=1S/C17H19N3O/c1-11(2)21-15-6-4-5-14-16(15)19-17(18)20(14)13-9-7-12(3)8-10-13/h4-11H,1-3H3,(H2,18,19). The van der Waals surface area contributed by atoms with Crippen LogP contribution in [-0.2, 0) is 0 Å². The van der Waals surface area contributed by atoms with Gasteiger partial charge in [-0.3, -0.25) is 4.57 Å². The zero-order chi connectivity index (χ0) is 15.0. The van der Waals surface area contributed by atoms with Gasteiger partial charge in [0.05, 0.1) is 11.6 Å². The van der Waals surface area contributed by atoms with E-state index in [4.69, 9.17) is 10.5 Å². The monoisotopic (exact) mass is 281 g/mol. The summed E-state index contributed by atoms with van der Waals surface area (Å²) in [5.74, 6) is 1.23. The van der Waals surface area contributed by atoms with Crippen molar-refractivity contribution in [3.63, 3.8) is 0 Å². The van der Waals surface area contributed by atoms with E-state index in [1.165, 1.54) is 5.56 Å². The summed E-state index contributed by atoms with van der Waals surface area (Å²) in [6.07, 6.45) is 0.0985. The van der Waals surface area contributed by atoms with Gasteiger partial charge in [0.2, 0.25) is 5.95 Å². The lowest BCUT2D eigenvalue weighted by molar-refractivity contribution is 0.245. The fourth-order valence-electron chi connectivity index (χ4n) is 2.41. The zero-order valence-electron chi connectivity index (χ0n) is 12.5. The first kappa shape index (κ1) is 13.5. The molecule has 3 rings (SSSR count). The summed E-state index contributed by atoms with van der Waals surface area (Å²) in [6.45, 7) is 6.06. The van der Waals surface area contributed by atoms with Crippen molar-refractivity contribution >= 4 is 17.0 Å². The van der Waals surface area contributed by atoms with Crippen molar-refractivity contribution in [1.82, 2.24) is 9.55 Å². The molecule has 0 aliphatic heterocycles. The van der Waals surface area contributed by atoms with Crippen LogP contribution in [0.2, 0.25) is 0 Å². The third-order valence-electron chi connectivity index (χ3n) is 3.33. The second-order valence-electron chi connectivity index (χ2n) is 5.43. The molecule has 3 aromatic rings. The summed E-state index contributed by atoms with van der Waals surface area (Å²) >= 11 is 0. The summed E-state index contributed by atoms with van der Waals surface area (Å²) in [5.41, 5.74) is 10.1. The summed E-state index contributed by atoms with van der Waals surface area (Å²) in [5, 5.41) is 0. The van der Waals surface area contributed by atoms with E-state index in [1.807, 2.05) is 48.7 Å². The van der Waals surface area contributed by atoms with Crippen LogP contribution in [0.1, 0.15) is 19.4 Å². The molecule has 0 aliphatic rings. The number of nitrogens with two attached hydrogens (primary N) is 1. The summed E-state index contributed by atoms with van der Waals surface area (Å²) < 4.78 is 7.77. The highest BCUT2D eigenvalue weighted by Gasteiger charge is 2.14. The van der Waals surface area contributed by atoms with E-state index in [2.05, 4.69) is 24.0 Å². The molecule has 0 spiro atoms. The molecule has 2 N–H and O–H groups in total. The van der Waals surface area contributed by atoms with Crippen molar-refractivity contribution in [2.75, 3.05) is 5.73 Å². The molecule has 4 heteroatoms. The average molecular weight is 281 g/mol. The average Bonchev–Trinajstić information content (AvgIpc) is 2.77. The van der Waals surface area contributed by atoms with Crippen molar-refractivity contribution in [1.29, 1.82) is 0 Å². The molecule has 21 heavy (non-hydrogen) atoms. The summed E-state index contributed by atoms with van der Waals surface area (Å²) in [7, 11) is 0. The van der Waals surface area contributed by atoms with Crippen LogP contribution in [0.3, 0.4) is 0 Å². The highest BCUT2D eigenvalue weighted by Crippen LogP contribution is 2.30. The molecule has 0 unspecified atom stereocenters. The molecule has 0 saturated carbocycles. The number of imidazole rings is 1. The predicted octanol–water partition coefficient (Wildman–Crippen LogP) is 3.70. The van der Waals surface area contributed by atoms with Crippen LogP contribution in [0.15, 0.2) is 42.5 Å². The van der Waals surface area contributed by atoms with Crippen LogP contribution in [-0.4, -0.2) is 15.7 Å². The first-order valence-corrected chi connectivity index (χ1v) is 7.07. The molecule has 0 radical (unpaired) electrons. The highest BCUT2D eigenvalue weighted by atomic mass is 16.5. The minimum absolute atomic E-state index is 0.0985. The maximum atomic E-state index is 6.12. The molecule has 1 aromatic heterocycles. The number of para-hydroxylation sites is 1. The number of benzene rings is 2. The molecule has 108 valence electrons. The third kappa shape index (κ3) is 2.44. The van der Waals surface area contributed by atoms with Gasteiger partial charge < -0.3 is 10.5 Å². The second kappa shape index (κ2) is 5.13. The first-order valence-electron chi connectivity index (χ1n) is 7.07. The number of rotatable bonds is 3. The van der Waals surface area contributed by atoms with Gasteiger partial charge >= 0.3 is 0 Å². The minimum atomic E-state index is 0.0985. The van der Waals surface area contributed by atoms with Crippen LogP contribution >= 0.6 is 0 Å². The number of aromatic nitrogens is 2. The van der Waals surface area contributed by atoms with Gasteiger partial charge in [-0.25, -0.2) is 4.98 Å². The van der Waals surface area contributed by atoms with E-state index in [1.54, 1.807) is 0 Å². The predicted molar refractivity (Wildman–Crippen MR) is 86.0 cm³/mol. The molecule has 4 nitrogen and oxygen atoms in total. The Morgan fingerprint density at radius 1 is 1.10 bits per heavy atom. The highest BCUT2D eigenvalue weighted by molar-refractivity contribution is 5.86. The van der Waals surface area contributed by atoms with Gasteiger partial charge in [-0.05, 0) is 45.0 Å². The lowest BCUT2D eigenvalue weighted by atomic mass is 10.2. The number of nitrogens with zero attached hydrogens (tertiary/aromatic N) is 2. The smallest absolute Gasteiger partial charge is 0.206 e. The number of anilines is 1. The second-order valence-corrected chi connectivity index (χ2v) is 5.43. The lowest BCUT2D eigenvalue weighted by Gasteiger charge is -2.10. The van der Waals surface area contributed by atoms with Crippen LogP contribution < -0.4 is 10.5 Å². The number of nitrogen functional groups attached to an aromatic ring is 1. The fraction of sp³-hybridized carbons (Fsp3) is 0.235. The molecule has 0 fully saturated rings. The summed E-state index contributed by atoms with van der Waals surface area (Å²) in [4.78, 5) is 4.48. The van der Waals surface area contributed by atoms with Crippen molar-refractivity contribution in [3.05, 3.63) is 48.0 Å². The fourth-order valence-corrected chi connectivity index (χ4v) is 2.41. The largest absolute Gasteiger partial charge is 0.489 e. The quantitative estimate of drug-likeness (QED) is 0.796.